The zero-order valence-corrected chi connectivity index (χ0v) is 10.2. The molecule has 2 heterocycles. The van der Waals surface area contributed by atoms with Crippen LogP contribution in [0.1, 0.15) is 24.7 Å². The zero-order valence-electron chi connectivity index (χ0n) is 10.2. The van der Waals surface area contributed by atoms with E-state index >= 15 is 0 Å². The number of nitrogens with zero attached hydrogens (tertiary/aromatic N) is 4. The minimum absolute atomic E-state index is 0.745. The van der Waals surface area contributed by atoms with Crippen molar-refractivity contribution < 1.29 is 0 Å². The molecule has 1 N–H and O–H groups in total. The molecule has 0 aliphatic carbocycles. The SMILES string of the molecule is CCCNCc1cncc(-n2ccc(C)n2)n1. The minimum atomic E-state index is 0.745. The van der Waals surface area contributed by atoms with Gasteiger partial charge in [0.15, 0.2) is 5.82 Å². The highest BCUT2D eigenvalue weighted by Crippen LogP contribution is 2.03. The van der Waals surface area contributed by atoms with E-state index in [2.05, 4.69) is 27.3 Å². The first-order valence-electron chi connectivity index (χ1n) is 5.84. The fraction of sp³-hybridized carbons (Fsp3) is 0.417. The molecule has 0 amide bonds. The molecule has 0 saturated carbocycles. The molecule has 5 nitrogen and oxygen atoms in total. The van der Waals surface area contributed by atoms with E-state index in [1.807, 2.05) is 19.2 Å². The van der Waals surface area contributed by atoms with E-state index in [-0.39, 0.29) is 0 Å². The average molecular weight is 231 g/mol. The highest BCUT2D eigenvalue weighted by atomic mass is 15.3. The molecule has 17 heavy (non-hydrogen) atoms. The van der Waals surface area contributed by atoms with Crippen LogP contribution in [0, 0.1) is 6.92 Å². The van der Waals surface area contributed by atoms with Crippen molar-refractivity contribution in [3.63, 3.8) is 0 Å². The molecule has 0 radical (unpaired) electrons. The second kappa shape index (κ2) is 5.54. The molecule has 2 aromatic heterocycles. The van der Waals surface area contributed by atoms with Crippen LogP contribution in [-0.2, 0) is 6.54 Å². The summed E-state index contributed by atoms with van der Waals surface area (Å²) in [5.41, 5.74) is 1.91. The number of hydrogen-bond donors (Lipinski definition) is 1. The lowest BCUT2D eigenvalue weighted by Crippen LogP contribution is -2.15. The van der Waals surface area contributed by atoms with Crippen LogP contribution in [0.3, 0.4) is 0 Å². The van der Waals surface area contributed by atoms with E-state index in [9.17, 15) is 0 Å². The summed E-state index contributed by atoms with van der Waals surface area (Å²) in [6.07, 6.45) is 6.51. The van der Waals surface area contributed by atoms with E-state index in [1.54, 1.807) is 17.1 Å². The Balaban J connectivity index is 2.11. The van der Waals surface area contributed by atoms with Crippen LogP contribution in [0.5, 0.6) is 0 Å². The van der Waals surface area contributed by atoms with Gasteiger partial charge in [0.1, 0.15) is 0 Å². The minimum Gasteiger partial charge on any atom is -0.311 e. The van der Waals surface area contributed by atoms with Crippen LogP contribution in [0.2, 0.25) is 0 Å². The quantitative estimate of drug-likeness (QED) is 0.792. The van der Waals surface area contributed by atoms with Gasteiger partial charge in [-0.3, -0.25) is 4.98 Å². The van der Waals surface area contributed by atoms with Gasteiger partial charge in [-0.25, -0.2) is 9.67 Å². The van der Waals surface area contributed by atoms with E-state index in [1.165, 1.54) is 0 Å². The van der Waals surface area contributed by atoms with Gasteiger partial charge in [0.05, 0.1) is 17.6 Å². The predicted molar refractivity (Wildman–Crippen MR) is 65.9 cm³/mol. The van der Waals surface area contributed by atoms with Gasteiger partial charge in [-0.2, -0.15) is 5.10 Å². The van der Waals surface area contributed by atoms with Crippen molar-refractivity contribution in [2.24, 2.45) is 0 Å². The maximum atomic E-state index is 4.50. The van der Waals surface area contributed by atoms with Crippen molar-refractivity contribution in [2.45, 2.75) is 26.8 Å². The number of rotatable bonds is 5. The summed E-state index contributed by atoms with van der Waals surface area (Å²) in [6, 6.07) is 1.95. The van der Waals surface area contributed by atoms with Crippen LogP contribution in [0.15, 0.2) is 24.7 Å². The first kappa shape index (κ1) is 11.7. The molecule has 0 bridgehead atoms. The second-order valence-electron chi connectivity index (χ2n) is 3.95. The van der Waals surface area contributed by atoms with E-state index in [4.69, 9.17) is 0 Å². The summed E-state index contributed by atoms with van der Waals surface area (Å²) in [4.78, 5) is 8.69. The van der Waals surface area contributed by atoms with Crippen molar-refractivity contribution in [1.82, 2.24) is 25.1 Å². The molecule has 0 unspecified atom stereocenters. The Kier molecular flexibility index (Phi) is 3.82. The highest BCUT2D eigenvalue weighted by molar-refractivity contribution is 5.19. The molecule has 2 rings (SSSR count). The third kappa shape index (κ3) is 3.10. The fourth-order valence-electron chi connectivity index (χ4n) is 1.53. The lowest BCUT2D eigenvalue weighted by atomic mass is 10.4. The van der Waals surface area contributed by atoms with Crippen molar-refractivity contribution in [2.75, 3.05) is 6.54 Å². The first-order chi connectivity index (χ1) is 8.29. The van der Waals surface area contributed by atoms with Crippen LogP contribution < -0.4 is 5.32 Å². The second-order valence-corrected chi connectivity index (χ2v) is 3.95. The van der Waals surface area contributed by atoms with Gasteiger partial charge in [-0.15, -0.1) is 0 Å². The molecule has 0 saturated heterocycles. The van der Waals surface area contributed by atoms with Crippen molar-refractivity contribution in [3.05, 3.63) is 36.0 Å². The van der Waals surface area contributed by atoms with Crippen LogP contribution in [0.4, 0.5) is 0 Å². The molecule has 0 atom stereocenters. The Morgan fingerprint density at radius 1 is 1.35 bits per heavy atom. The summed E-state index contributed by atoms with van der Waals surface area (Å²) in [5.74, 6) is 0.758. The standard InChI is InChI=1S/C12H17N5/c1-3-5-13-7-11-8-14-9-12(15-11)17-6-4-10(2)16-17/h4,6,8-9,13H,3,5,7H2,1-2H3. The summed E-state index contributed by atoms with van der Waals surface area (Å²) < 4.78 is 1.74. The summed E-state index contributed by atoms with van der Waals surface area (Å²) >= 11 is 0. The Hall–Kier alpha value is -1.75. The van der Waals surface area contributed by atoms with E-state index in [0.717, 1.165) is 36.7 Å². The first-order valence-corrected chi connectivity index (χ1v) is 5.84. The third-order valence-electron chi connectivity index (χ3n) is 2.36. The van der Waals surface area contributed by atoms with Crippen LogP contribution in [-0.4, -0.2) is 26.3 Å². The van der Waals surface area contributed by atoms with E-state index in [0.29, 0.717) is 0 Å². The van der Waals surface area contributed by atoms with Gasteiger partial charge in [0, 0.05) is 18.9 Å². The van der Waals surface area contributed by atoms with Crippen LogP contribution in [0.25, 0.3) is 5.82 Å². The molecule has 2 aromatic rings. The Morgan fingerprint density at radius 2 is 2.24 bits per heavy atom. The van der Waals surface area contributed by atoms with Gasteiger partial charge < -0.3 is 5.32 Å². The van der Waals surface area contributed by atoms with Gasteiger partial charge in [-0.05, 0) is 26.0 Å². The van der Waals surface area contributed by atoms with Crippen molar-refractivity contribution in [1.29, 1.82) is 0 Å². The molecular formula is C12H17N5. The topological polar surface area (TPSA) is 55.6 Å². The lowest BCUT2D eigenvalue weighted by Gasteiger charge is -2.04. The van der Waals surface area contributed by atoms with Crippen LogP contribution >= 0.6 is 0 Å². The average Bonchev–Trinajstić information content (AvgIpc) is 2.77. The normalized spacial score (nSPS) is 10.7. The van der Waals surface area contributed by atoms with Gasteiger partial charge in [0.25, 0.3) is 0 Å². The van der Waals surface area contributed by atoms with Gasteiger partial charge in [-0.1, -0.05) is 6.92 Å². The number of hydrogen-bond acceptors (Lipinski definition) is 4. The predicted octanol–water partition coefficient (Wildman–Crippen LogP) is 1.47. The van der Waals surface area contributed by atoms with Crippen molar-refractivity contribution >= 4 is 0 Å². The number of aromatic nitrogens is 4. The molecule has 0 spiro atoms. The Labute approximate surface area is 101 Å². The number of aryl methyl sites for hydroxylation is 1. The maximum Gasteiger partial charge on any atom is 0.172 e. The fourth-order valence-corrected chi connectivity index (χ4v) is 1.53. The largest absolute Gasteiger partial charge is 0.311 e. The molecule has 0 aromatic carbocycles. The third-order valence-corrected chi connectivity index (χ3v) is 2.36. The molecule has 0 fully saturated rings. The molecule has 90 valence electrons. The van der Waals surface area contributed by atoms with Crippen molar-refractivity contribution in [3.8, 4) is 5.82 Å². The molecule has 5 heteroatoms. The Bertz CT molecular complexity index is 477. The molecule has 0 aliphatic rings. The molecular weight excluding hydrogens is 214 g/mol. The van der Waals surface area contributed by atoms with E-state index < -0.39 is 0 Å². The zero-order chi connectivity index (χ0) is 12.1. The maximum absolute atomic E-state index is 4.50. The summed E-state index contributed by atoms with van der Waals surface area (Å²) in [7, 11) is 0. The summed E-state index contributed by atoms with van der Waals surface area (Å²) in [6.45, 7) is 5.83. The van der Waals surface area contributed by atoms with Gasteiger partial charge >= 0.3 is 0 Å². The smallest absolute Gasteiger partial charge is 0.172 e. The van der Waals surface area contributed by atoms with Gasteiger partial charge in [0.2, 0.25) is 0 Å². The molecule has 0 aliphatic heterocycles. The number of nitrogens with one attached hydrogen (secondary N) is 1. The summed E-state index contributed by atoms with van der Waals surface area (Å²) in [5, 5.41) is 7.62. The lowest BCUT2D eigenvalue weighted by molar-refractivity contribution is 0.658. The highest BCUT2D eigenvalue weighted by Gasteiger charge is 2.02. The Morgan fingerprint density at radius 3 is 2.94 bits per heavy atom. The monoisotopic (exact) mass is 231 g/mol.